The molecule has 0 saturated heterocycles. The summed E-state index contributed by atoms with van der Waals surface area (Å²) in [5, 5.41) is 14.3. The van der Waals surface area contributed by atoms with Crippen LogP contribution in [0.3, 0.4) is 0 Å². The summed E-state index contributed by atoms with van der Waals surface area (Å²) in [6.45, 7) is 0. The van der Waals surface area contributed by atoms with Gasteiger partial charge in [0.05, 0.1) is 0 Å². The molecule has 8 heteroatoms. The molecule has 88 valence electrons. The maximum Gasteiger partial charge on any atom is 0.223 e. The molecule has 0 aromatic rings. The van der Waals surface area contributed by atoms with Gasteiger partial charge in [0, 0.05) is 0 Å². The van der Waals surface area contributed by atoms with Gasteiger partial charge in [0.15, 0.2) is 11.6 Å². The van der Waals surface area contributed by atoms with Crippen LogP contribution in [0.25, 0.3) is 0 Å². The summed E-state index contributed by atoms with van der Waals surface area (Å²) in [5.41, 5.74) is 0. The first-order chi connectivity index (χ1) is 8.75. The number of aliphatic imine (C=N–C) groups is 2. The lowest BCUT2D eigenvalue weighted by Gasteiger charge is -1.87. The first-order valence-electron chi connectivity index (χ1n) is 4.81. The quantitative estimate of drug-likeness (QED) is 0.597. The van der Waals surface area contributed by atoms with E-state index in [1.54, 1.807) is 0 Å². The molecular weight excluding hydrogens is 236 g/mol. The van der Waals surface area contributed by atoms with Crippen LogP contribution in [-0.4, -0.2) is 24.2 Å². The number of allylic oxidation sites excluding steroid dienone is 4. The van der Waals surface area contributed by atoms with Crippen molar-refractivity contribution in [2.45, 2.75) is 0 Å². The van der Waals surface area contributed by atoms with Gasteiger partial charge in [-0.3, -0.25) is 9.59 Å². The number of hydrogen-bond donors (Lipinski definition) is 0. The number of azo groups is 2. The Morgan fingerprint density at radius 3 is 1.33 bits per heavy atom. The molecule has 0 N–H and O–H groups in total. The number of nitrogens with zero attached hydrogens (tertiary/aromatic N) is 6. The molecule has 0 saturated carbocycles. The highest BCUT2D eigenvalue weighted by molar-refractivity contribution is 6.14. The monoisotopic (exact) mass is 242 g/mol. The summed E-state index contributed by atoms with van der Waals surface area (Å²) in [6, 6.07) is 0. The largest absolute Gasteiger partial charge is 0.290 e. The number of carbonyl (C=O) groups excluding carboxylic acids is 2. The summed E-state index contributed by atoms with van der Waals surface area (Å²) in [6.07, 6.45) is 7.69. The highest BCUT2D eigenvalue weighted by Crippen LogP contribution is 2.16. The first kappa shape index (κ1) is 11.6. The van der Waals surface area contributed by atoms with Crippen LogP contribution in [0.1, 0.15) is 0 Å². The molecule has 1 aliphatic carbocycles. The second kappa shape index (κ2) is 5.43. The van der Waals surface area contributed by atoms with Gasteiger partial charge in [0.2, 0.25) is 11.6 Å². The van der Waals surface area contributed by atoms with Crippen LogP contribution in [0.4, 0.5) is 0 Å². The third-order valence-electron chi connectivity index (χ3n) is 1.79. The molecule has 3 aliphatic rings. The van der Waals surface area contributed by atoms with E-state index in [0.717, 1.165) is 0 Å². The summed E-state index contributed by atoms with van der Waals surface area (Å²) in [5.74, 6) is 0.587. The summed E-state index contributed by atoms with van der Waals surface area (Å²) in [4.78, 5) is 28.1. The number of carbonyl (C=O) groups is 2. The first-order valence-corrected chi connectivity index (χ1v) is 4.81. The lowest BCUT2D eigenvalue weighted by atomic mass is 10.2. The smallest absolute Gasteiger partial charge is 0.223 e. The van der Waals surface area contributed by atoms with E-state index in [0.29, 0.717) is 11.6 Å². The van der Waals surface area contributed by atoms with E-state index in [9.17, 15) is 9.59 Å². The fraction of sp³-hybridized carbons (Fsp3) is 0. The molecule has 0 atom stereocenters. The molecule has 0 aromatic carbocycles. The van der Waals surface area contributed by atoms with Crippen LogP contribution in [0.5, 0.6) is 0 Å². The highest BCUT2D eigenvalue weighted by Gasteiger charge is 2.07. The SMILES string of the molecule is C1=NC(=C2N=CN=N2)N=N1.O=C1C=CC(=O)C=C1. The van der Waals surface area contributed by atoms with Crippen LogP contribution in [-0.2, 0) is 9.59 Å². The van der Waals surface area contributed by atoms with Crippen molar-refractivity contribution in [2.24, 2.45) is 30.4 Å². The Morgan fingerprint density at radius 1 is 0.667 bits per heavy atom. The molecule has 18 heavy (non-hydrogen) atoms. The van der Waals surface area contributed by atoms with E-state index in [4.69, 9.17) is 0 Å². The van der Waals surface area contributed by atoms with E-state index >= 15 is 0 Å². The second-order valence-electron chi connectivity index (χ2n) is 3.04. The normalized spacial score (nSPS) is 22.9. The zero-order chi connectivity index (χ0) is 12.8. The lowest BCUT2D eigenvalue weighted by Crippen LogP contribution is -1.97. The van der Waals surface area contributed by atoms with Gasteiger partial charge in [-0.15, -0.1) is 20.5 Å². The molecule has 0 bridgehead atoms. The fourth-order valence-corrected chi connectivity index (χ4v) is 1.02. The zero-order valence-electron chi connectivity index (χ0n) is 8.96. The number of ketones is 2. The van der Waals surface area contributed by atoms with Crippen LogP contribution in [0.15, 0.2) is 66.4 Å². The molecule has 0 unspecified atom stereocenters. The summed E-state index contributed by atoms with van der Waals surface area (Å²) >= 11 is 0. The van der Waals surface area contributed by atoms with Crippen LogP contribution in [0.2, 0.25) is 0 Å². The Morgan fingerprint density at radius 2 is 1.06 bits per heavy atom. The molecule has 0 aromatic heterocycles. The molecular formula is C10H6N6O2. The van der Waals surface area contributed by atoms with Gasteiger partial charge in [-0.1, -0.05) is 0 Å². The molecule has 3 rings (SSSR count). The number of rotatable bonds is 0. The van der Waals surface area contributed by atoms with Crippen molar-refractivity contribution in [1.82, 2.24) is 0 Å². The second-order valence-corrected chi connectivity index (χ2v) is 3.04. The van der Waals surface area contributed by atoms with Crippen molar-refractivity contribution >= 4 is 24.2 Å². The van der Waals surface area contributed by atoms with Gasteiger partial charge >= 0.3 is 0 Å². The average Bonchev–Trinajstić information content (AvgIpc) is 3.04. The van der Waals surface area contributed by atoms with Crippen molar-refractivity contribution in [3.8, 4) is 0 Å². The zero-order valence-corrected chi connectivity index (χ0v) is 8.96. The van der Waals surface area contributed by atoms with Gasteiger partial charge in [-0.05, 0) is 24.3 Å². The molecule has 2 aliphatic heterocycles. The lowest BCUT2D eigenvalue weighted by molar-refractivity contribution is -0.113. The number of hydrogen-bond acceptors (Lipinski definition) is 8. The minimum atomic E-state index is -0.121. The Hall–Kier alpha value is -2.90. The molecule has 0 fully saturated rings. The van der Waals surface area contributed by atoms with Crippen molar-refractivity contribution in [1.29, 1.82) is 0 Å². The minimum Gasteiger partial charge on any atom is -0.290 e. The average molecular weight is 242 g/mol. The van der Waals surface area contributed by atoms with Gasteiger partial charge in [-0.25, -0.2) is 9.98 Å². The molecule has 8 nitrogen and oxygen atoms in total. The van der Waals surface area contributed by atoms with Crippen molar-refractivity contribution < 1.29 is 9.59 Å². The minimum absolute atomic E-state index is 0.121. The molecule has 0 amide bonds. The fourth-order valence-electron chi connectivity index (χ4n) is 1.02. The Bertz CT molecular complexity index is 495. The Balaban J connectivity index is 0.000000138. The predicted octanol–water partition coefficient (Wildman–Crippen LogP) is 1.35. The van der Waals surface area contributed by atoms with E-state index < -0.39 is 0 Å². The van der Waals surface area contributed by atoms with E-state index in [-0.39, 0.29) is 11.6 Å². The van der Waals surface area contributed by atoms with Gasteiger partial charge in [0.1, 0.15) is 12.7 Å². The maximum atomic E-state index is 10.3. The topological polar surface area (TPSA) is 108 Å². The summed E-state index contributed by atoms with van der Waals surface area (Å²) in [7, 11) is 0. The van der Waals surface area contributed by atoms with E-state index in [1.807, 2.05) is 0 Å². The van der Waals surface area contributed by atoms with Crippen LogP contribution < -0.4 is 0 Å². The van der Waals surface area contributed by atoms with Crippen molar-refractivity contribution in [2.75, 3.05) is 0 Å². The van der Waals surface area contributed by atoms with Crippen molar-refractivity contribution in [3.63, 3.8) is 0 Å². The van der Waals surface area contributed by atoms with E-state index in [2.05, 4.69) is 30.4 Å². The standard InChI is InChI=1S/C6H4O2.C4H2N6/c7-5-1-2-6(8)4-3-5;1-5-3(9-7-1)4-6-2-8-10-4/h1-4H;1-2H. The van der Waals surface area contributed by atoms with Gasteiger partial charge < -0.3 is 0 Å². The maximum absolute atomic E-state index is 10.3. The van der Waals surface area contributed by atoms with Crippen LogP contribution in [0, 0.1) is 0 Å². The molecule has 0 spiro atoms. The highest BCUT2D eigenvalue weighted by atomic mass is 16.1. The predicted molar refractivity (Wildman–Crippen MR) is 62.0 cm³/mol. The molecule has 2 heterocycles. The van der Waals surface area contributed by atoms with Crippen molar-refractivity contribution in [3.05, 3.63) is 35.9 Å². The summed E-state index contributed by atoms with van der Waals surface area (Å²) < 4.78 is 0. The third-order valence-corrected chi connectivity index (χ3v) is 1.79. The Kier molecular flexibility index (Phi) is 3.50. The van der Waals surface area contributed by atoms with Gasteiger partial charge in [0.25, 0.3) is 0 Å². The van der Waals surface area contributed by atoms with Gasteiger partial charge in [-0.2, -0.15) is 0 Å². The molecule has 0 radical (unpaired) electrons. The Labute approximate surface area is 101 Å². The van der Waals surface area contributed by atoms with E-state index in [1.165, 1.54) is 37.0 Å². The van der Waals surface area contributed by atoms with Crippen LogP contribution >= 0.6 is 0 Å². The third kappa shape index (κ3) is 3.04.